The average molecular weight is 307 g/mol. The fourth-order valence-corrected chi connectivity index (χ4v) is 2.71. The van der Waals surface area contributed by atoms with Gasteiger partial charge in [0.2, 0.25) is 5.91 Å². The largest absolute Gasteiger partial charge is 0.459 e. The molecule has 6 heteroatoms. The summed E-state index contributed by atoms with van der Waals surface area (Å²) in [6.07, 6.45) is 2.36. The van der Waals surface area contributed by atoms with Crippen LogP contribution in [0.15, 0.2) is 22.8 Å². The molecule has 1 aliphatic heterocycles. The standard InChI is InChI=1S/C16H25N3O3/c1-4-11(2)14(17)16(21)18-7-8-19(12(3)10-18)15(20)13-6-5-9-22-13/h5-6,9,11-12,14H,4,7-8,10,17H2,1-3H3. The Bertz CT molecular complexity index is 515. The van der Waals surface area contributed by atoms with Crippen molar-refractivity contribution in [3.05, 3.63) is 24.2 Å². The lowest BCUT2D eigenvalue weighted by Gasteiger charge is -2.40. The Morgan fingerprint density at radius 2 is 2.18 bits per heavy atom. The molecule has 0 bridgehead atoms. The van der Waals surface area contributed by atoms with Crippen molar-refractivity contribution >= 4 is 11.8 Å². The molecule has 1 fully saturated rings. The minimum Gasteiger partial charge on any atom is -0.459 e. The van der Waals surface area contributed by atoms with E-state index in [0.29, 0.717) is 25.4 Å². The normalized spacial score (nSPS) is 21.5. The van der Waals surface area contributed by atoms with E-state index >= 15 is 0 Å². The maximum atomic E-state index is 12.4. The molecule has 1 aliphatic rings. The Kier molecular flexibility index (Phi) is 5.24. The molecule has 2 rings (SSSR count). The first-order valence-corrected chi connectivity index (χ1v) is 7.84. The van der Waals surface area contributed by atoms with Crippen LogP contribution in [0.3, 0.4) is 0 Å². The van der Waals surface area contributed by atoms with Crippen molar-refractivity contribution in [2.75, 3.05) is 19.6 Å². The molecule has 3 unspecified atom stereocenters. The van der Waals surface area contributed by atoms with Gasteiger partial charge < -0.3 is 20.0 Å². The first-order valence-electron chi connectivity index (χ1n) is 7.84. The highest BCUT2D eigenvalue weighted by atomic mass is 16.3. The van der Waals surface area contributed by atoms with Crippen molar-refractivity contribution in [1.29, 1.82) is 0 Å². The van der Waals surface area contributed by atoms with E-state index in [1.54, 1.807) is 21.9 Å². The zero-order valence-corrected chi connectivity index (χ0v) is 13.5. The lowest BCUT2D eigenvalue weighted by atomic mass is 9.98. The fraction of sp³-hybridized carbons (Fsp3) is 0.625. The molecule has 1 aromatic rings. The van der Waals surface area contributed by atoms with Gasteiger partial charge in [0, 0.05) is 25.7 Å². The summed E-state index contributed by atoms with van der Waals surface area (Å²) in [5.41, 5.74) is 6.03. The lowest BCUT2D eigenvalue weighted by Crippen LogP contribution is -2.58. The molecule has 2 heterocycles. The minimum absolute atomic E-state index is 0.0219. The van der Waals surface area contributed by atoms with Crippen molar-refractivity contribution in [3.8, 4) is 0 Å². The van der Waals surface area contributed by atoms with Crippen LogP contribution >= 0.6 is 0 Å². The quantitative estimate of drug-likeness (QED) is 0.910. The van der Waals surface area contributed by atoms with Crippen LogP contribution in [0, 0.1) is 5.92 Å². The smallest absolute Gasteiger partial charge is 0.289 e. The van der Waals surface area contributed by atoms with Gasteiger partial charge in [-0.1, -0.05) is 20.3 Å². The van der Waals surface area contributed by atoms with Gasteiger partial charge in [-0.3, -0.25) is 9.59 Å². The number of amides is 2. The Hall–Kier alpha value is -1.82. The Morgan fingerprint density at radius 3 is 2.73 bits per heavy atom. The first-order chi connectivity index (χ1) is 10.5. The summed E-state index contributed by atoms with van der Waals surface area (Å²) in [6, 6.07) is 2.83. The number of carbonyl (C=O) groups excluding carboxylic acids is 2. The van der Waals surface area contributed by atoms with E-state index in [1.807, 2.05) is 20.8 Å². The Morgan fingerprint density at radius 1 is 1.45 bits per heavy atom. The van der Waals surface area contributed by atoms with Crippen molar-refractivity contribution in [1.82, 2.24) is 9.80 Å². The van der Waals surface area contributed by atoms with E-state index in [4.69, 9.17) is 10.2 Å². The highest BCUT2D eigenvalue weighted by Gasteiger charge is 2.33. The van der Waals surface area contributed by atoms with Gasteiger partial charge in [-0.15, -0.1) is 0 Å². The van der Waals surface area contributed by atoms with Gasteiger partial charge in [0.05, 0.1) is 12.3 Å². The second kappa shape index (κ2) is 6.96. The van der Waals surface area contributed by atoms with Crippen LogP contribution in [0.4, 0.5) is 0 Å². The van der Waals surface area contributed by atoms with Gasteiger partial charge >= 0.3 is 0 Å². The number of furan rings is 1. The molecule has 0 aromatic carbocycles. The van der Waals surface area contributed by atoms with Crippen molar-refractivity contribution in [2.45, 2.75) is 39.3 Å². The monoisotopic (exact) mass is 307 g/mol. The highest BCUT2D eigenvalue weighted by Crippen LogP contribution is 2.16. The zero-order chi connectivity index (χ0) is 16.3. The molecule has 2 N–H and O–H groups in total. The second-order valence-corrected chi connectivity index (χ2v) is 6.02. The maximum Gasteiger partial charge on any atom is 0.289 e. The molecular formula is C16H25N3O3. The fourth-order valence-electron chi connectivity index (χ4n) is 2.71. The molecule has 0 radical (unpaired) electrons. The summed E-state index contributed by atoms with van der Waals surface area (Å²) >= 11 is 0. The molecule has 0 aliphatic carbocycles. The molecular weight excluding hydrogens is 282 g/mol. The Labute approximate surface area is 131 Å². The van der Waals surface area contributed by atoms with Crippen LogP contribution in [0.1, 0.15) is 37.7 Å². The number of nitrogens with two attached hydrogens (primary N) is 1. The third-order valence-electron chi connectivity index (χ3n) is 4.47. The number of nitrogens with zero attached hydrogens (tertiary/aromatic N) is 2. The van der Waals surface area contributed by atoms with E-state index in [1.165, 1.54) is 6.26 Å². The predicted octanol–water partition coefficient (Wildman–Crippen LogP) is 1.33. The van der Waals surface area contributed by atoms with Gasteiger partial charge in [0.15, 0.2) is 5.76 Å². The summed E-state index contributed by atoms with van der Waals surface area (Å²) in [4.78, 5) is 28.3. The summed E-state index contributed by atoms with van der Waals surface area (Å²) < 4.78 is 5.16. The van der Waals surface area contributed by atoms with E-state index < -0.39 is 6.04 Å². The van der Waals surface area contributed by atoms with Crippen LogP contribution in [-0.2, 0) is 4.79 Å². The molecule has 0 saturated carbocycles. The second-order valence-electron chi connectivity index (χ2n) is 6.02. The van der Waals surface area contributed by atoms with Crippen LogP contribution in [0.25, 0.3) is 0 Å². The molecule has 122 valence electrons. The number of piperazine rings is 1. The van der Waals surface area contributed by atoms with Crippen molar-refractivity contribution in [2.24, 2.45) is 11.7 Å². The highest BCUT2D eigenvalue weighted by molar-refractivity contribution is 5.92. The van der Waals surface area contributed by atoms with Crippen molar-refractivity contribution in [3.63, 3.8) is 0 Å². The van der Waals surface area contributed by atoms with Crippen LogP contribution in [0.5, 0.6) is 0 Å². The topological polar surface area (TPSA) is 79.8 Å². The Balaban J connectivity index is 1.98. The van der Waals surface area contributed by atoms with E-state index in [9.17, 15) is 9.59 Å². The molecule has 6 nitrogen and oxygen atoms in total. The molecule has 1 saturated heterocycles. The predicted molar refractivity (Wildman–Crippen MR) is 83.2 cm³/mol. The van der Waals surface area contributed by atoms with E-state index in [0.717, 1.165) is 6.42 Å². The molecule has 0 spiro atoms. The summed E-state index contributed by atoms with van der Waals surface area (Å²) in [7, 11) is 0. The van der Waals surface area contributed by atoms with Gasteiger partial charge in [0.1, 0.15) is 0 Å². The molecule has 1 aromatic heterocycles. The van der Waals surface area contributed by atoms with Gasteiger partial charge in [-0.2, -0.15) is 0 Å². The van der Waals surface area contributed by atoms with Crippen molar-refractivity contribution < 1.29 is 14.0 Å². The number of carbonyl (C=O) groups is 2. The minimum atomic E-state index is -0.468. The number of hydrogen-bond acceptors (Lipinski definition) is 4. The van der Waals surface area contributed by atoms with Gasteiger partial charge in [-0.25, -0.2) is 0 Å². The van der Waals surface area contributed by atoms with Crippen LogP contribution in [0.2, 0.25) is 0 Å². The van der Waals surface area contributed by atoms with E-state index in [2.05, 4.69) is 0 Å². The molecule has 22 heavy (non-hydrogen) atoms. The summed E-state index contributed by atoms with van der Waals surface area (Å²) in [6.45, 7) is 7.48. The lowest BCUT2D eigenvalue weighted by molar-refractivity contribution is -0.136. The first kappa shape index (κ1) is 16.5. The number of rotatable bonds is 4. The maximum absolute atomic E-state index is 12.4. The molecule has 2 amide bonds. The molecule has 3 atom stereocenters. The average Bonchev–Trinajstić information content (AvgIpc) is 3.06. The van der Waals surface area contributed by atoms with Crippen LogP contribution < -0.4 is 5.73 Å². The third kappa shape index (κ3) is 3.32. The summed E-state index contributed by atoms with van der Waals surface area (Å²) in [5, 5.41) is 0. The van der Waals surface area contributed by atoms with E-state index in [-0.39, 0.29) is 23.8 Å². The van der Waals surface area contributed by atoms with Gasteiger partial charge in [-0.05, 0) is 25.0 Å². The number of hydrogen-bond donors (Lipinski definition) is 1. The summed E-state index contributed by atoms with van der Waals surface area (Å²) in [5.74, 6) is 0.343. The van der Waals surface area contributed by atoms with Crippen LogP contribution in [-0.4, -0.2) is 53.3 Å². The third-order valence-corrected chi connectivity index (χ3v) is 4.47. The zero-order valence-electron chi connectivity index (χ0n) is 13.5. The SMILES string of the molecule is CCC(C)C(N)C(=O)N1CCN(C(=O)c2ccco2)C(C)C1. The van der Waals surface area contributed by atoms with Gasteiger partial charge in [0.25, 0.3) is 5.91 Å².